The zero-order valence-corrected chi connectivity index (χ0v) is 13.1. The molecule has 0 aromatic heterocycles. The third-order valence-electron chi connectivity index (χ3n) is 3.29. The smallest absolute Gasteiger partial charge is 0.203 e. The summed E-state index contributed by atoms with van der Waals surface area (Å²) in [5.74, 6) is -52.2. The number of rotatable bonds is 4. The van der Waals surface area contributed by atoms with E-state index in [0.717, 1.165) is 0 Å². The summed E-state index contributed by atoms with van der Waals surface area (Å²) in [6.07, 6.45) is -8.01. The molecule has 0 nitrogen and oxygen atoms in total. The quantitative estimate of drug-likeness (QED) is 0.308. The maximum Gasteiger partial charge on any atom is 0.504 e. The molecule has 0 saturated heterocycles. The summed E-state index contributed by atoms with van der Waals surface area (Å²) in [6, 6.07) is 0. The van der Waals surface area contributed by atoms with Crippen molar-refractivity contribution in [2.45, 2.75) is 46.9 Å². The topological polar surface area (TPSA) is 0 Å². The van der Waals surface area contributed by atoms with Crippen molar-refractivity contribution in [2.24, 2.45) is 0 Å². The fraction of sp³-hybridized carbons (Fsp3) is 1.00. The molecule has 0 rings (SSSR count). The van der Waals surface area contributed by atoms with E-state index in [2.05, 4.69) is 0 Å². The second-order valence-corrected chi connectivity index (χ2v) is 8.87. The van der Waals surface area contributed by atoms with E-state index < -0.39 is 55.0 Å². The van der Waals surface area contributed by atoms with Crippen molar-refractivity contribution in [1.29, 1.82) is 0 Å². The third-order valence-corrected chi connectivity index (χ3v) is 7.09. The second-order valence-electron chi connectivity index (χ2n) is 5.04. The molecule has 176 valence electrons. The standard InChI is InChI=1S/C8F20Si/c9-1(10,2(11,12)4(15,16)17)3(13,14)5(18,19)29(6(20,21)22,7(23,24)25)8(26,27)28. The summed E-state index contributed by atoms with van der Waals surface area (Å²) in [6.45, 7) is 0. The predicted octanol–water partition coefficient (Wildman–Crippen LogP) is 6.38. The fourth-order valence-electron chi connectivity index (χ4n) is 1.82. The molecular formula is C8F20Si. The monoisotopic (exact) mass is 504 g/mol. The molecule has 0 amide bonds. The van der Waals surface area contributed by atoms with Crippen LogP contribution in [0.2, 0.25) is 0 Å². The Hall–Kier alpha value is -1.18. The van der Waals surface area contributed by atoms with Crippen LogP contribution in [0.4, 0.5) is 87.8 Å². The van der Waals surface area contributed by atoms with Crippen LogP contribution >= 0.6 is 0 Å². The minimum atomic E-state index is -11.3. The van der Waals surface area contributed by atoms with Crippen LogP contribution in [-0.4, -0.2) is 55.0 Å². The van der Waals surface area contributed by atoms with Gasteiger partial charge in [0, 0.05) is 0 Å². The summed E-state index contributed by atoms with van der Waals surface area (Å²) in [4.78, 5) is 0. The van der Waals surface area contributed by atoms with Gasteiger partial charge in [-0.15, -0.1) is 0 Å². The summed E-state index contributed by atoms with van der Waals surface area (Å²) in [5.41, 5.74) is -9.23. The van der Waals surface area contributed by atoms with Gasteiger partial charge in [-0.1, -0.05) is 0 Å². The van der Waals surface area contributed by atoms with Crippen molar-refractivity contribution in [3.63, 3.8) is 0 Å². The number of halogens is 20. The van der Waals surface area contributed by atoms with Crippen molar-refractivity contribution in [1.82, 2.24) is 0 Å². The van der Waals surface area contributed by atoms with E-state index in [1.54, 1.807) is 0 Å². The van der Waals surface area contributed by atoms with Crippen LogP contribution in [0.5, 0.6) is 0 Å². The van der Waals surface area contributed by atoms with Gasteiger partial charge in [0.15, 0.2) is 0 Å². The average Bonchev–Trinajstić information content (AvgIpc) is 2.30. The van der Waals surface area contributed by atoms with Crippen molar-refractivity contribution >= 4 is 8.07 Å². The highest BCUT2D eigenvalue weighted by Gasteiger charge is 3.05. The van der Waals surface area contributed by atoms with E-state index in [-0.39, 0.29) is 0 Å². The molecule has 0 fully saturated rings. The van der Waals surface area contributed by atoms with Crippen molar-refractivity contribution in [2.75, 3.05) is 0 Å². The molecule has 0 aromatic rings. The van der Waals surface area contributed by atoms with E-state index in [9.17, 15) is 87.8 Å². The molecule has 0 aliphatic heterocycles. The molecule has 0 atom stereocenters. The fourth-order valence-corrected chi connectivity index (χ4v) is 4.48. The Morgan fingerprint density at radius 3 is 0.724 bits per heavy atom. The SMILES string of the molecule is FC(F)(F)C(F)(F)C(F)(F)C(F)(F)C(F)(F)[Si](C(F)(F)F)(C(F)(F)F)C(F)(F)F. The Kier molecular flexibility index (Phi) is 6.15. The van der Waals surface area contributed by atoms with Crippen molar-refractivity contribution < 1.29 is 87.8 Å². The van der Waals surface area contributed by atoms with Crippen molar-refractivity contribution in [3.05, 3.63) is 0 Å². The maximum atomic E-state index is 13.4. The summed E-state index contributed by atoms with van der Waals surface area (Å²) in [7, 11) is -11.3. The second kappa shape index (κ2) is 6.41. The highest BCUT2D eigenvalue weighted by atomic mass is 28.3. The third kappa shape index (κ3) is 3.29. The van der Waals surface area contributed by atoms with Crippen LogP contribution in [-0.2, 0) is 0 Å². The van der Waals surface area contributed by atoms with Gasteiger partial charge in [0.25, 0.3) is 0 Å². The van der Waals surface area contributed by atoms with Crippen LogP contribution in [0.15, 0.2) is 0 Å². The Morgan fingerprint density at radius 2 is 0.552 bits per heavy atom. The molecule has 0 spiro atoms. The Morgan fingerprint density at radius 1 is 0.310 bits per heavy atom. The first-order valence-electron chi connectivity index (χ1n) is 5.78. The molecular weight excluding hydrogens is 504 g/mol. The van der Waals surface area contributed by atoms with Gasteiger partial charge in [-0.25, -0.2) is 8.78 Å². The van der Waals surface area contributed by atoms with Gasteiger partial charge >= 0.3 is 55.0 Å². The van der Waals surface area contributed by atoms with Gasteiger partial charge in [0.05, 0.1) is 0 Å². The first-order valence-corrected chi connectivity index (χ1v) is 7.78. The Labute approximate surface area is 144 Å². The maximum absolute atomic E-state index is 13.4. The van der Waals surface area contributed by atoms with Gasteiger partial charge in [-0.2, -0.15) is 79.0 Å². The van der Waals surface area contributed by atoms with Gasteiger partial charge in [0.1, 0.15) is 0 Å². The molecule has 21 heteroatoms. The molecule has 29 heavy (non-hydrogen) atoms. The molecule has 0 aliphatic rings. The lowest BCUT2D eigenvalue weighted by molar-refractivity contribution is -0.417. The van der Waals surface area contributed by atoms with E-state index in [4.69, 9.17) is 0 Å². The summed E-state index contributed by atoms with van der Waals surface area (Å²) < 4.78 is 251. The molecule has 0 N–H and O–H groups in total. The average molecular weight is 504 g/mol. The highest BCUT2D eigenvalue weighted by Crippen LogP contribution is 2.66. The minimum absolute atomic E-state index is 8.01. The molecule has 0 bridgehead atoms. The van der Waals surface area contributed by atoms with E-state index >= 15 is 0 Å². The van der Waals surface area contributed by atoms with Crippen LogP contribution < -0.4 is 0 Å². The van der Waals surface area contributed by atoms with Crippen LogP contribution in [0.3, 0.4) is 0 Å². The first-order chi connectivity index (χ1) is 12.0. The normalized spacial score (nSPS) is 17.0. The largest absolute Gasteiger partial charge is 0.504 e. The number of alkyl halides is 20. The predicted molar refractivity (Wildman–Crippen MR) is 49.8 cm³/mol. The van der Waals surface area contributed by atoms with Crippen molar-refractivity contribution in [3.8, 4) is 0 Å². The molecule has 0 aliphatic carbocycles. The van der Waals surface area contributed by atoms with E-state index in [0.29, 0.717) is 0 Å². The molecule has 0 aromatic carbocycles. The zero-order chi connectivity index (χ0) is 24.5. The number of hydrogen-bond acceptors (Lipinski definition) is 0. The van der Waals surface area contributed by atoms with Gasteiger partial charge in [-0.3, -0.25) is 0 Å². The highest BCUT2D eigenvalue weighted by molar-refractivity contribution is 6.87. The Balaban J connectivity index is 7.46. The molecule has 0 heterocycles. The lowest BCUT2D eigenvalue weighted by atomic mass is 10.0. The first kappa shape index (κ1) is 27.8. The van der Waals surface area contributed by atoms with E-state index in [1.165, 1.54) is 0 Å². The zero-order valence-electron chi connectivity index (χ0n) is 12.1. The molecule has 0 radical (unpaired) electrons. The molecule has 0 saturated carbocycles. The lowest BCUT2D eigenvalue weighted by Gasteiger charge is -2.45. The number of hydrogen-bond donors (Lipinski definition) is 0. The van der Waals surface area contributed by atoms with Gasteiger partial charge < -0.3 is 0 Å². The molecule has 0 unspecified atom stereocenters. The van der Waals surface area contributed by atoms with Crippen LogP contribution in [0, 0.1) is 0 Å². The van der Waals surface area contributed by atoms with Crippen LogP contribution in [0.25, 0.3) is 0 Å². The lowest BCUT2D eigenvalue weighted by Crippen LogP contribution is -2.86. The van der Waals surface area contributed by atoms with Crippen LogP contribution in [0.1, 0.15) is 0 Å². The Bertz CT molecular complexity index is 560. The summed E-state index contributed by atoms with van der Waals surface area (Å²) >= 11 is 0. The van der Waals surface area contributed by atoms with E-state index in [1.807, 2.05) is 0 Å². The van der Waals surface area contributed by atoms with Gasteiger partial charge in [0.2, 0.25) is 0 Å². The minimum Gasteiger partial charge on any atom is -0.203 e. The summed E-state index contributed by atoms with van der Waals surface area (Å²) in [5, 5.41) is 0. The van der Waals surface area contributed by atoms with Gasteiger partial charge in [-0.05, 0) is 0 Å².